The van der Waals surface area contributed by atoms with Crippen LogP contribution >= 0.6 is 11.8 Å². The second kappa shape index (κ2) is 10.3. The van der Waals surface area contributed by atoms with Crippen LogP contribution in [0.25, 0.3) is 0 Å². The Morgan fingerprint density at radius 3 is 1.96 bits per heavy atom. The number of hydrogen-bond acceptors (Lipinski definition) is 4. The van der Waals surface area contributed by atoms with Crippen LogP contribution in [0, 0.1) is 5.92 Å². The zero-order chi connectivity index (χ0) is 18.9. The zero-order valence-corrected chi connectivity index (χ0v) is 16.6. The molecule has 2 rings (SSSR count). The van der Waals surface area contributed by atoms with Gasteiger partial charge in [-0.05, 0) is 39.2 Å². The van der Waals surface area contributed by atoms with Gasteiger partial charge in [0.25, 0.3) is 0 Å². The summed E-state index contributed by atoms with van der Waals surface area (Å²) in [5.41, 5.74) is 0.673. The van der Waals surface area contributed by atoms with Crippen LogP contribution in [0.15, 0.2) is 30.3 Å². The van der Waals surface area contributed by atoms with Crippen molar-refractivity contribution < 1.29 is 14.4 Å². The number of ketones is 1. The SMILES string of the molecule is CC.CC1CC(=O)N(c2ccccc2)C1=O.CSC(C)(C)C(C)=O. The van der Waals surface area contributed by atoms with Gasteiger partial charge in [0, 0.05) is 12.3 Å². The molecule has 0 aromatic heterocycles. The van der Waals surface area contributed by atoms with Gasteiger partial charge in [-0.3, -0.25) is 19.3 Å². The Morgan fingerprint density at radius 1 is 1.17 bits per heavy atom. The maximum absolute atomic E-state index is 11.6. The van der Waals surface area contributed by atoms with Crippen molar-refractivity contribution in [3.8, 4) is 0 Å². The molecule has 1 aromatic carbocycles. The molecule has 1 fully saturated rings. The summed E-state index contributed by atoms with van der Waals surface area (Å²) >= 11 is 1.59. The molecule has 24 heavy (non-hydrogen) atoms. The summed E-state index contributed by atoms with van der Waals surface area (Å²) in [5.74, 6) is -0.136. The van der Waals surface area contributed by atoms with E-state index >= 15 is 0 Å². The summed E-state index contributed by atoms with van der Waals surface area (Å²) < 4.78 is -0.181. The summed E-state index contributed by atoms with van der Waals surface area (Å²) in [5, 5.41) is 0. The van der Waals surface area contributed by atoms with Gasteiger partial charge in [-0.25, -0.2) is 0 Å². The first-order valence-electron chi connectivity index (χ1n) is 8.18. The monoisotopic (exact) mass is 351 g/mol. The quantitative estimate of drug-likeness (QED) is 0.761. The van der Waals surface area contributed by atoms with E-state index in [2.05, 4.69) is 0 Å². The van der Waals surface area contributed by atoms with E-state index in [1.54, 1.807) is 37.7 Å². The highest BCUT2D eigenvalue weighted by Crippen LogP contribution is 2.25. The van der Waals surface area contributed by atoms with Crippen molar-refractivity contribution in [3.05, 3.63) is 30.3 Å². The molecule has 1 aliphatic heterocycles. The van der Waals surface area contributed by atoms with Crippen LogP contribution in [-0.2, 0) is 14.4 Å². The molecule has 1 unspecified atom stereocenters. The van der Waals surface area contributed by atoms with Crippen LogP contribution in [-0.4, -0.2) is 28.6 Å². The van der Waals surface area contributed by atoms with Gasteiger partial charge < -0.3 is 0 Å². The number of imide groups is 1. The normalized spacial score (nSPS) is 16.8. The molecule has 1 heterocycles. The number of hydrogen-bond donors (Lipinski definition) is 0. The number of rotatable bonds is 3. The molecule has 2 amide bonds. The molecule has 1 aliphatic rings. The average Bonchev–Trinajstić information content (AvgIpc) is 2.83. The van der Waals surface area contributed by atoms with Gasteiger partial charge in [0.15, 0.2) is 0 Å². The first-order chi connectivity index (χ1) is 11.2. The van der Waals surface area contributed by atoms with Gasteiger partial charge in [0.2, 0.25) is 11.8 Å². The van der Waals surface area contributed by atoms with Gasteiger partial charge in [-0.1, -0.05) is 39.0 Å². The summed E-state index contributed by atoms with van der Waals surface area (Å²) in [7, 11) is 0. The topological polar surface area (TPSA) is 54.5 Å². The minimum absolute atomic E-state index is 0.0961. The van der Waals surface area contributed by atoms with Crippen molar-refractivity contribution >= 4 is 35.0 Å². The fourth-order valence-electron chi connectivity index (χ4n) is 1.78. The van der Waals surface area contributed by atoms with Crippen molar-refractivity contribution in [1.82, 2.24) is 0 Å². The van der Waals surface area contributed by atoms with E-state index in [9.17, 15) is 14.4 Å². The summed E-state index contributed by atoms with van der Waals surface area (Å²) in [6.07, 6.45) is 2.27. The van der Waals surface area contributed by atoms with E-state index in [-0.39, 0.29) is 28.3 Å². The predicted octanol–water partition coefficient (Wildman–Crippen LogP) is 4.33. The van der Waals surface area contributed by atoms with Crippen LogP contribution in [0.5, 0.6) is 0 Å². The lowest BCUT2D eigenvalue weighted by Crippen LogP contribution is -2.29. The number of Topliss-reactive ketones (excluding diaryl/α,β-unsaturated/α-hetero) is 1. The highest BCUT2D eigenvalue weighted by atomic mass is 32.2. The molecular weight excluding hydrogens is 322 g/mol. The van der Waals surface area contributed by atoms with Gasteiger partial charge in [-0.15, -0.1) is 0 Å². The molecular formula is C19H29NO3S. The molecule has 1 aromatic rings. The average molecular weight is 352 g/mol. The number of carbonyl (C=O) groups is 3. The Labute approximate surface area is 150 Å². The third-order valence-corrected chi connectivity index (χ3v) is 5.05. The number of amides is 2. The minimum atomic E-state index is -0.181. The largest absolute Gasteiger partial charge is 0.298 e. The fraction of sp³-hybridized carbons (Fsp3) is 0.526. The second-order valence-corrected chi connectivity index (χ2v) is 7.21. The summed E-state index contributed by atoms with van der Waals surface area (Å²) in [6, 6.07) is 9.04. The van der Waals surface area contributed by atoms with Crippen molar-refractivity contribution in [1.29, 1.82) is 0 Å². The third-order valence-electron chi connectivity index (χ3n) is 3.74. The van der Waals surface area contributed by atoms with E-state index in [1.807, 2.05) is 52.1 Å². The molecule has 0 spiro atoms. The predicted molar refractivity (Wildman–Crippen MR) is 102 cm³/mol. The van der Waals surface area contributed by atoms with Crippen LogP contribution < -0.4 is 4.90 Å². The molecule has 134 valence electrons. The number of benzene rings is 1. The van der Waals surface area contributed by atoms with Gasteiger partial charge in [0.05, 0.1) is 10.4 Å². The number of thioether (sulfide) groups is 1. The minimum Gasteiger partial charge on any atom is -0.298 e. The Morgan fingerprint density at radius 2 is 1.67 bits per heavy atom. The first kappa shape index (κ1) is 22.4. The Balaban J connectivity index is 0.000000456. The lowest BCUT2D eigenvalue weighted by Gasteiger charge is -2.16. The number of anilines is 1. The smallest absolute Gasteiger partial charge is 0.237 e. The Hall–Kier alpha value is -1.62. The van der Waals surface area contributed by atoms with E-state index in [0.29, 0.717) is 12.1 Å². The Kier molecular flexibility index (Phi) is 9.59. The van der Waals surface area contributed by atoms with Crippen LogP contribution in [0.4, 0.5) is 5.69 Å². The number of carbonyl (C=O) groups excluding carboxylic acids is 3. The zero-order valence-electron chi connectivity index (χ0n) is 15.8. The molecule has 5 heteroatoms. The first-order valence-corrected chi connectivity index (χ1v) is 9.41. The van der Waals surface area contributed by atoms with Crippen molar-refractivity contribution in [2.24, 2.45) is 5.92 Å². The van der Waals surface area contributed by atoms with E-state index < -0.39 is 0 Å². The Bertz CT molecular complexity index is 555. The number of nitrogens with zero attached hydrogens (tertiary/aromatic N) is 1. The van der Waals surface area contributed by atoms with Gasteiger partial charge in [-0.2, -0.15) is 11.8 Å². The molecule has 0 saturated carbocycles. The molecule has 0 bridgehead atoms. The van der Waals surface area contributed by atoms with E-state index in [1.165, 1.54) is 4.90 Å². The lowest BCUT2D eigenvalue weighted by atomic mass is 10.1. The van der Waals surface area contributed by atoms with Gasteiger partial charge >= 0.3 is 0 Å². The molecule has 0 N–H and O–H groups in total. The van der Waals surface area contributed by atoms with Crippen molar-refractivity contribution in [2.45, 2.75) is 52.7 Å². The fourth-order valence-corrected chi connectivity index (χ4v) is 2.06. The lowest BCUT2D eigenvalue weighted by molar-refractivity contribution is -0.122. The maximum Gasteiger partial charge on any atom is 0.237 e. The van der Waals surface area contributed by atoms with Crippen LogP contribution in [0.1, 0.15) is 48.0 Å². The highest BCUT2D eigenvalue weighted by Gasteiger charge is 2.36. The molecule has 0 radical (unpaired) electrons. The summed E-state index contributed by atoms with van der Waals surface area (Å²) in [4.78, 5) is 35.1. The molecule has 4 nitrogen and oxygen atoms in total. The molecule has 1 saturated heterocycles. The number of para-hydroxylation sites is 1. The van der Waals surface area contributed by atoms with Crippen LogP contribution in [0.2, 0.25) is 0 Å². The van der Waals surface area contributed by atoms with E-state index in [4.69, 9.17) is 0 Å². The highest BCUT2D eigenvalue weighted by molar-refractivity contribution is 8.00. The maximum atomic E-state index is 11.6. The van der Waals surface area contributed by atoms with E-state index in [0.717, 1.165) is 0 Å². The third kappa shape index (κ3) is 6.11. The van der Waals surface area contributed by atoms with Crippen LogP contribution in [0.3, 0.4) is 0 Å². The van der Waals surface area contributed by atoms with Crippen molar-refractivity contribution in [2.75, 3.05) is 11.2 Å². The van der Waals surface area contributed by atoms with Crippen molar-refractivity contribution in [3.63, 3.8) is 0 Å². The molecule has 1 atom stereocenters. The second-order valence-electron chi connectivity index (χ2n) is 5.78. The molecule has 0 aliphatic carbocycles. The standard InChI is InChI=1S/C11H11NO2.C6H12OS.C2H6/c1-8-7-10(13)12(11(8)14)9-5-3-2-4-6-9;1-5(7)6(2,3)8-4;1-2/h2-6,8H,7H2,1H3;1-4H3;1-2H3. The summed E-state index contributed by atoms with van der Waals surface area (Å²) in [6.45, 7) is 11.3. The van der Waals surface area contributed by atoms with Gasteiger partial charge in [0.1, 0.15) is 5.78 Å².